The van der Waals surface area contributed by atoms with E-state index in [1.807, 2.05) is 30.3 Å². The molecular weight excluding hydrogens is 292 g/mol. The minimum atomic E-state index is -1.28. The van der Waals surface area contributed by atoms with Gasteiger partial charge in [-0.15, -0.1) is 0 Å². The average molecular weight is 315 g/mol. The van der Waals surface area contributed by atoms with Gasteiger partial charge >= 0.3 is 6.03 Å². The van der Waals surface area contributed by atoms with E-state index in [0.29, 0.717) is 6.54 Å². The topological polar surface area (TPSA) is 81.3 Å². The van der Waals surface area contributed by atoms with Gasteiger partial charge in [-0.1, -0.05) is 42.0 Å². The summed E-state index contributed by atoms with van der Waals surface area (Å²) in [5, 5.41) is 16.4. The maximum atomic E-state index is 11.9. The number of carboxylic acids is 1. The predicted molar refractivity (Wildman–Crippen MR) is 86.6 cm³/mol. The van der Waals surface area contributed by atoms with E-state index in [2.05, 4.69) is 16.7 Å². The van der Waals surface area contributed by atoms with Crippen LogP contribution in [0, 0.1) is 0 Å². The van der Waals surface area contributed by atoms with Crippen LogP contribution in [-0.2, 0) is 11.2 Å². The fourth-order valence-corrected chi connectivity index (χ4v) is 2.72. The molecule has 0 heterocycles. The molecule has 1 aliphatic rings. The SMILES string of the molecule is O=C(NCCC1=CCCCC1)N[C@@H](Cc1ccccc1)C(=O)[O-]. The summed E-state index contributed by atoms with van der Waals surface area (Å²) >= 11 is 0. The Bertz CT molecular complexity index is 555. The highest BCUT2D eigenvalue weighted by molar-refractivity contribution is 5.81. The van der Waals surface area contributed by atoms with Crippen LogP contribution < -0.4 is 15.7 Å². The van der Waals surface area contributed by atoms with Crippen LogP contribution >= 0.6 is 0 Å². The standard InChI is InChI=1S/C18H24N2O3/c21-17(22)16(13-15-9-5-2-6-10-15)20-18(23)19-12-11-14-7-3-1-4-8-14/h2,5-7,9-10,16H,1,3-4,8,11-13H2,(H,21,22)(H2,19,20,23)/p-1/t16-/m0/s1. The number of hydrogen-bond donors (Lipinski definition) is 2. The van der Waals surface area contributed by atoms with Crippen molar-refractivity contribution >= 4 is 12.0 Å². The second-order valence-electron chi connectivity index (χ2n) is 5.82. The first-order chi connectivity index (χ1) is 11.1. The number of carbonyl (C=O) groups is 2. The minimum absolute atomic E-state index is 0.210. The lowest BCUT2D eigenvalue weighted by Crippen LogP contribution is -2.52. The van der Waals surface area contributed by atoms with Crippen molar-refractivity contribution in [2.75, 3.05) is 6.54 Å². The zero-order chi connectivity index (χ0) is 16.5. The number of amides is 2. The number of urea groups is 1. The molecule has 1 aromatic carbocycles. The summed E-state index contributed by atoms with van der Waals surface area (Å²) in [4.78, 5) is 23.1. The van der Waals surface area contributed by atoms with Crippen LogP contribution in [0.3, 0.4) is 0 Å². The van der Waals surface area contributed by atoms with Gasteiger partial charge < -0.3 is 20.5 Å². The number of carboxylic acid groups (broad SMARTS) is 1. The lowest BCUT2D eigenvalue weighted by molar-refractivity contribution is -0.308. The summed E-state index contributed by atoms with van der Waals surface area (Å²) in [5.74, 6) is -1.28. The highest BCUT2D eigenvalue weighted by atomic mass is 16.4. The molecule has 0 unspecified atom stereocenters. The van der Waals surface area contributed by atoms with Gasteiger partial charge in [-0.25, -0.2) is 4.79 Å². The third kappa shape index (κ3) is 6.14. The van der Waals surface area contributed by atoms with E-state index in [1.54, 1.807) is 0 Å². The highest BCUT2D eigenvalue weighted by Gasteiger charge is 2.14. The lowest BCUT2D eigenvalue weighted by atomic mass is 9.97. The summed E-state index contributed by atoms with van der Waals surface area (Å²) in [7, 11) is 0. The molecule has 2 amide bonds. The molecule has 5 nitrogen and oxygen atoms in total. The molecule has 2 N–H and O–H groups in total. The number of benzene rings is 1. The molecule has 23 heavy (non-hydrogen) atoms. The molecule has 2 rings (SSSR count). The number of hydrogen-bond acceptors (Lipinski definition) is 3. The minimum Gasteiger partial charge on any atom is -0.548 e. The van der Waals surface area contributed by atoms with E-state index in [1.165, 1.54) is 18.4 Å². The molecule has 0 bridgehead atoms. The van der Waals surface area contributed by atoms with E-state index < -0.39 is 18.0 Å². The first-order valence-corrected chi connectivity index (χ1v) is 8.12. The number of nitrogens with one attached hydrogen (secondary N) is 2. The molecule has 0 spiro atoms. The highest BCUT2D eigenvalue weighted by Crippen LogP contribution is 2.19. The average Bonchev–Trinajstić information content (AvgIpc) is 2.56. The summed E-state index contributed by atoms with van der Waals surface area (Å²) in [6, 6.07) is 7.67. The Labute approximate surface area is 136 Å². The van der Waals surface area contributed by atoms with Crippen LogP contribution in [0.25, 0.3) is 0 Å². The Hall–Kier alpha value is -2.30. The fraction of sp³-hybridized carbons (Fsp3) is 0.444. The second-order valence-corrected chi connectivity index (χ2v) is 5.82. The maximum absolute atomic E-state index is 11.9. The number of allylic oxidation sites excluding steroid dienone is 1. The number of carbonyl (C=O) groups excluding carboxylic acids is 2. The Kier molecular flexibility index (Phi) is 6.66. The van der Waals surface area contributed by atoms with Crippen LogP contribution in [-0.4, -0.2) is 24.6 Å². The van der Waals surface area contributed by atoms with Crippen molar-refractivity contribution in [3.63, 3.8) is 0 Å². The van der Waals surface area contributed by atoms with Gasteiger partial charge in [0.05, 0.1) is 12.0 Å². The van der Waals surface area contributed by atoms with E-state index in [4.69, 9.17) is 0 Å². The van der Waals surface area contributed by atoms with Gasteiger partial charge in [0.25, 0.3) is 0 Å². The molecule has 0 aromatic heterocycles. The Morgan fingerprint density at radius 2 is 1.96 bits per heavy atom. The number of aliphatic carboxylic acids is 1. The van der Waals surface area contributed by atoms with Crippen molar-refractivity contribution in [3.05, 3.63) is 47.5 Å². The Balaban J connectivity index is 1.76. The van der Waals surface area contributed by atoms with E-state index in [-0.39, 0.29) is 6.42 Å². The molecule has 0 saturated carbocycles. The molecular formula is C18H23N2O3-. The molecule has 124 valence electrons. The summed E-state index contributed by atoms with van der Waals surface area (Å²) in [6.45, 7) is 0.517. The Morgan fingerprint density at radius 1 is 1.17 bits per heavy atom. The van der Waals surface area contributed by atoms with Gasteiger partial charge in [-0.2, -0.15) is 0 Å². The third-order valence-corrected chi connectivity index (χ3v) is 3.99. The molecule has 1 aliphatic carbocycles. The fourth-order valence-electron chi connectivity index (χ4n) is 2.72. The Morgan fingerprint density at radius 3 is 2.61 bits per heavy atom. The molecule has 0 radical (unpaired) electrons. The molecule has 5 heteroatoms. The predicted octanol–water partition coefficient (Wildman–Crippen LogP) is 1.54. The van der Waals surface area contributed by atoms with Crippen LogP contribution in [0.1, 0.15) is 37.7 Å². The summed E-state index contributed by atoms with van der Waals surface area (Å²) in [6.07, 6.45) is 7.93. The van der Waals surface area contributed by atoms with Gasteiger partial charge in [-0.05, 0) is 44.1 Å². The summed E-state index contributed by atoms with van der Waals surface area (Å²) < 4.78 is 0. The number of rotatable bonds is 7. The lowest BCUT2D eigenvalue weighted by Gasteiger charge is -2.20. The first-order valence-electron chi connectivity index (χ1n) is 8.12. The summed E-state index contributed by atoms with van der Waals surface area (Å²) in [5.41, 5.74) is 2.21. The van der Waals surface area contributed by atoms with Crippen LogP contribution in [0.5, 0.6) is 0 Å². The van der Waals surface area contributed by atoms with Crippen molar-refractivity contribution in [1.29, 1.82) is 0 Å². The van der Waals surface area contributed by atoms with E-state index in [0.717, 1.165) is 24.8 Å². The van der Waals surface area contributed by atoms with Gasteiger partial charge in [0.15, 0.2) is 0 Å². The van der Waals surface area contributed by atoms with E-state index >= 15 is 0 Å². The van der Waals surface area contributed by atoms with Crippen LogP contribution in [0.4, 0.5) is 4.79 Å². The van der Waals surface area contributed by atoms with E-state index in [9.17, 15) is 14.7 Å². The zero-order valence-electron chi connectivity index (χ0n) is 13.2. The van der Waals surface area contributed by atoms with Crippen molar-refractivity contribution in [1.82, 2.24) is 10.6 Å². The molecule has 1 atom stereocenters. The van der Waals surface area contributed by atoms with Crippen LogP contribution in [0.2, 0.25) is 0 Å². The second kappa shape index (κ2) is 8.98. The third-order valence-electron chi connectivity index (χ3n) is 3.99. The van der Waals surface area contributed by atoms with Crippen molar-refractivity contribution in [2.45, 2.75) is 44.6 Å². The van der Waals surface area contributed by atoms with Gasteiger partial charge in [0.2, 0.25) is 0 Å². The monoisotopic (exact) mass is 315 g/mol. The largest absolute Gasteiger partial charge is 0.548 e. The van der Waals surface area contributed by atoms with Crippen molar-refractivity contribution in [2.24, 2.45) is 0 Å². The van der Waals surface area contributed by atoms with Crippen LogP contribution in [0.15, 0.2) is 42.0 Å². The van der Waals surface area contributed by atoms with Gasteiger partial charge in [0, 0.05) is 6.54 Å². The molecule has 0 fully saturated rings. The molecule has 1 aromatic rings. The zero-order valence-corrected chi connectivity index (χ0v) is 13.2. The first kappa shape index (κ1) is 17.1. The van der Waals surface area contributed by atoms with Crippen molar-refractivity contribution < 1.29 is 14.7 Å². The maximum Gasteiger partial charge on any atom is 0.315 e. The van der Waals surface area contributed by atoms with Crippen molar-refractivity contribution in [3.8, 4) is 0 Å². The van der Waals surface area contributed by atoms with Gasteiger partial charge in [0.1, 0.15) is 0 Å². The molecule has 0 saturated heterocycles. The normalized spacial score (nSPS) is 15.4. The molecule has 0 aliphatic heterocycles. The van der Waals surface area contributed by atoms with Gasteiger partial charge in [-0.3, -0.25) is 0 Å². The quantitative estimate of drug-likeness (QED) is 0.749. The smallest absolute Gasteiger partial charge is 0.315 e.